The first kappa shape index (κ1) is 16.8. The van der Waals surface area contributed by atoms with E-state index >= 15 is 0 Å². The zero-order valence-electron chi connectivity index (χ0n) is 14.0. The maximum absolute atomic E-state index is 12.7. The summed E-state index contributed by atoms with van der Waals surface area (Å²) in [6.45, 7) is 1.62. The van der Waals surface area contributed by atoms with Gasteiger partial charge in [0.25, 0.3) is 0 Å². The summed E-state index contributed by atoms with van der Waals surface area (Å²) in [5.74, 6) is 0.00545. The third kappa shape index (κ3) is 3.38. The fourth-order valence-electron chi connectivity index (χ4n) is 3.80. The summed E-state index contributed by atoms with van der Waals surface area (Å²) in [7, 11) is 1.63. The zero-order chi connectivity index (χ0) is 17.1. The van der Waals surface area contributed by atoms with Gasteiger partial charge in [-0.1, -0.05) is 12.1 Å². The van der Waals surface area contributed by atoms with Crippen molar-refractivity contribution in [2.24, 2.45) is 0 Å². The predicted octanol–water partition coefficient (Wildman–Crippen LogP) is 1.91. The van der Waals surface area contributed by atoms with Gasteiger partial charge in [0.05, 0.1) is 19.7 Å². The standard InChI is InChI=1S/C18H24N2O4/c1-24-14-8-6-13(7-9-14)15-4-3-11-20(15)17(21)12-19-10-2-5-16(19)18(22)23/h6-9,15-16H,2-5,10-12H2,1H3,(H,22,23)/t15-,16-/m0/s1. The molecule has 2 aliphatic rings. The van der Waals surface area contributed by atoms with Crippen LogP contribution in [-0.2, 0) is 9.59 Å². The van der Waals surface area contributed by atoms with Crippen LogP contribution < -0.4 is 4.74 Å². The molecule has 6 nitrogen and oxygen atoms in total. The van der Waals surface area contributed by atoms with E-state index in [9.17, 15) is 14.7 Å². The minimum Gasteiger partial charge on any atom is -0.497 e. The molecule has 1 amide bonds. The van der Waals surface area contributed by atoms with Crippen molar-refractivity contribution in [2.75, 3.05) is 26.7 Å². The monoisotopic (exact) mass is 332 g/mol. The maximum Gasteiger partial charge on any atom is 0.320 e. The Balaban J connectivity index is 1.68. The van der Waals surface area contributed by atoms with Crippen LogP contribution in [0.2, 0.25) is 0 Å². The second-order valence-electron chi connectivity index (χ2n) is 6.49. The lowest BCUT2D eigenvalue weighted by molar-refractivity contribution is -0.143. The molecule has 0 unspecified atom stereocenters. The van der Waals surface area contributed by atoms with Crippen LogP contribution in [0.4, 0.5) is 0 Å². The van der Waals surface area contributed by atoms with E-state index < -0.39 is 12.0 Å². The largest absolute Gasteiger partial charge is 0.497 e. The lowest BCUT2D eigenvalue weighted by atomic mass is 10.0. The minimum atomic E-state index is -0.826. The van der Waals surface area contributed by atoms with Crippen molar-refractivity contribution in [1.29, 1.82) is 0 Å². The molecule has 2 heterocycles. The first-order valence-corrected chi connectivity index (χ1v) is 8.50. The fourth-order valence-corrected chi connectivity index (χ4v) is 3.80. The number of hydrogen-bond donors (Lipinski definition) is 1. The molecule has 6 heteroatoms. The molecule has 0 bridgehead atoms. The number of nitrogens with zero attached hydrogens (tertiary/aromatic N) is 2. The average Bonchev–Trinajstić information content (AvgIpc) is 3.24. The molecular formula is C18H24N2O4. The van der Waals surface area contributed by atoms with Gasteiger partial charge in [0.15, 0.2) is 0 Å². The Kier molecular flexibility index (Phi) is 5.04. The van der Waals surface area contributed by atoms with E-state index in [0.29, 0.717) is 13.0 Å². The Morgan fingerprint density at radius 2 is 1.88 bits per heavy atom. The molecule has 0 spiro atoms. The molecule has 2 atom stereocenters. The number of carboxylic acid groups (broad SMARTS) is 1. The highest BCUT2D eigenvalue weighted by atomic mass is 16.5. The highest BCUT2D eigenvalue weighted by molar-refractivity contribution is 5.81. The number of methoxy groups -OCH3 is 1. The summed E-state index contributed by atoms with van der Waals surface area (Å²) in [5.41, 5.74) is 1.11. The van der Waals surface area contributed by atoms with E-state index in [1.807, 2.05) is 29.2 Å². The van der Waals surface area contributed by atoms with Crippen molar-refractivity contribution >= 4 is 11.9 Å². The van der Waals surface area contributed by atoms with Crippen molar-refractivity contribution in [3.63, 3.8) is 0 Å². The van der Waals surface area contributed by atoms with E-state index in [2.05, 4.69) is 0 Å². The molecule has 2 fully saturated rings. The van der Waals surface area contributed by atoms with Gasteiger partial charge in [-0.15, -0.1) is 0 Å². The normalized spacial score (nSPS) is 24.3. The summed E-state index contributed by atoms with van der Waals surface area (Å²) in [4.78, 5) is 27.7. The van der Waals surface area contributed by atoms with Crippen LogP contribution in [0.15, 0.2) is 24.3 Å². The number of amides is 1. The molecule has 0 saturated carbocycles. The third-order valence-corrected chi connectivity index (χ3v) is 5.06. The Hall–Kier alpha value is -2.08. The van der Waals surface area contributed by atoms with E-state index in [1.165, 1.54) is 0 Å². The van der Waals surface area contributed by atoms with Crippen molar-refractivity contribution in [2.45, 2.75) is 37.8 Å². The molecule has 1 N–H and O–H groups in total. The molecule has 0 radical (unpaired) electrons. The molecule has 3 rings (SSSR count). The van der Waals surface area contributed by atoms with Crippen LogP contribution in [0.1, 0.15) is 37.3 Å². The highest BCUT2D eigenvalue weighted by Crippen LogP contribution is 2.33. The predicted molar refractivity (Wildman–Crippen MR) is 88.9 cm³/mol. The Bertz CT molecular complexity index is 602. The smallest absolute Gasteiger partial charge is 0.320 e. The second kappa shape index (κ2) is 7.21. The molecule has 0 aromatic heterocycles. The van der Waals surface area contributed by atoms with Gasteiger partial charge < -0.3 is 14.7 Å². The topological polar surface area (TPSA) is 70.1 Å². The zero-order valence-corrected chi connectivity index (χ0v) is 14.0. The van der Waals surface area contributed by atoms with Crippen molar-refractivity contribution in [3.8, 4) is 5.75 Å². The van der Waals surface area contributed by atoms with Crippen LogP contribution >= 0.6 is 0 Å². The molecule has 0 aliphatic carbocycles. The number of carboxylic acids is 1. The lowest BCUT2D eigenvalue weighted by Gasteiger charge is -2.28. The average molecular weight is 332 g/mol. The molecule has 24 heavy (non-hydrogen) atoms. The van der Waals surface area contributed by atoms with Gasteiger partial charge in [-0.05, 0) is 49.9 Å². The number of carbonyl (C=O) groups excluding carboxylic acids is 1. The first-order chi connectivity index (χ1) is 11.6. The van der Waals surface area contributed by atoms with Gasteiger partial charge in [0.2, 0.25) is 5.91 Å². The number of likely N-dealkylation sites (tertiary alicyclic amines) is 2. The minimum absolute atomic E-state index is 0.0291. The number of benzene rings is 1. The van der Waals surface area contributed by atoms with Gasteiger partial charge in [0.1, 0.15) is 11.8 Å². The SMILES string of the molecule is COc1ccc([C@@H]2CCCN2C(=O)CN2CCC[C@H]2C(=O)O)cc1. The number of aliphatic carboxylic acids is 1. The number of rotatable bonds is 5. The van der Waals surface area contributed by atoms with Gasteiger partial charge in [-0.3, -0.25) is 14.5 Å². The Morgan fingerprint density at radius 1 is 1.17 bits per heavy atom. The van der Waals surface area contributed by atoms with E-state index in [0.717, 1.165) is 37.1 Å². The van der Waals surface area contributed by atoms with Gasteiger partial charge in [-0.2, -0.15) is 0 Å². The maximum atomic E-state index is 12.7. The van der Waals surface area contributed by atoms with E-state index in [1.54, 1.807) is 12.0 Å². The third-order valence-electron chi connectivity index (χ3n) is 5.06. The van der Waals surface area contributed by atoms with Gasteiger partial charge >= 0.3 is 5.97 Å². The number of ether oxygens (including phenoxy) is 1. The van der Waals surface area contributed by atoms with E-state index in [4.69, 9.17) is 4.74 Å². The molecule has 1 aromatic carbocycles. The van der Waals surface area contributed by atoms with Crippen molar-refractivity contribution < 1.29 is 19.4 Å². The summed E-state index contributed by atoms with van der Waals surface area (Å²) < 4.78 is 5.19. The molecule has 2 saturated heterocycles. The van der Waals surface area contributed by atoms with Crippen LogP contribution in [0.25, 0.3) is 0 Å². The number of hydrogen-bond acceptors (Lipinski definition) is 4. The highest BCUT2D eigenvalue weighted by Gasteiger charge is 2.35. The Labute approximate surface area is 142 Å². The first-order valence-electron chi connectivity index (χ1n) is 8.50. The summed E-state index contributed by atoms with van der Waals surface area (Å²) in [5, 5.41) is 9.26. The Morgan fingerprint density at radius 3 is 2.54 bits per heavy atom. The number of carbonyl (C=O) groups is 2. The molecule has 2 aliphatic heterocycles. The molecule has 1 aromatic rings. The van der Waals surface area contributed by atoms with Crippen LogP contribution in [0, 0.1) is 0 Å². The second-order valence-corrected chi connectivity index (χ2v) is 6.49. The summed E-state index contributed by atoms with van der Waals surface area (Å²) in [6.07, 6.45) is 3.39. The van der Waals surface area contributed by atoms with E-state index in [-0.39, 0.29) is 18.5 Å². The van der Waals surface area contributed by atoms with Crippen LogP contribution in [-0.4, -0.2) is 59.6 Å². The summed E-state index contributed by atoms with van der Waals surface area (Å²) in [6, 6.07) is 7.40. The van der Waals surface area contributed by atoms with Crippen LogP contribution in [0.5, 0.6) is 5.75 Å². The fraction of sp³-hybridized carbons (Fsp3) is 0.556. The van der Waals surface area contributed by atoms with Crippen LogP contribution in [0.3, 0.4) is 0 Å². The van der Waals surface area contributed by atoms with Crippen molar-refractivity contribution in [3.05, 3.63) is 29.8 Å². The molecule has 130 valence electrons. The lowest BCUT2D eigenvalue weighted by Crippen LogP contribution is -2.44. The van der Waals surface area contributed by atoms with Crippen molar-refractivity contribution in [1.82, 2.24) is 9.80 Å². The summed E-state index contributed by atoms with van der Waals surface area (Å²) >= 11 is 0. The van der Waals surface area contributed by atoms with Gasteiger partial charge in [0, 0.05) is 6.54 Å². The van der Waals surface area contributed by atoms with Gasteiger partial charge in [-0.25, -0.2) is 0 Å². The quantitative estimate of drug-likeness (QED) is 0.892. The molecular weight excluding hydrogens is 308 g/mol.